The number of rotatable bonds is 5. The third-order valence-corrected chi connectivity index (χ3v) is 8.14. The van der Waals surface area contributed by atoms with Gasteiger partial charge in [-0.15, -0.1) is 0 Å². The second-order valence-electron chi connectivity index (χ2n) is 10.1. The van der Waals surface area contributed by atoms with Crippen LogP contribution in [-0.4, -0.2) is 19.5 Å². The standard InChI is InChI=1S/C26H38F2O2/c1-3-4-18-5-7-20(8-6-18)23-15-29-26(30-16-23)21-11-9-19(10-12-21)22-13-24(27)17(2)25(28)14-22/h13-14,18-21,23,26H,3-12,15-16H2,1-2H3. The van der Waals surface area contributed by atoms with Gasteiger partial charge in [0.25, 0.3) is 0 Å². The minimum Gasteiger partial charge on any atom is -0.352 e. The lowest BCUT2D eigenvalue weighted by atomic mass is 9.74. The summed E-state index contributed by atoms with van der Waals surface area (Å²) in [5.41, 5.74) is 0.920. The van der Waals surface area contributed by atoms with E-state index in [-0.39, 0.29) is 17.8 Å². The van der Waals surface area contributed by atoms with Crippen LogP contribution < -0.4 is 0 Å². The Hall–Kier alpha value is -1.00. The molecule has 4 rings (SSSR count). The monoisotopic (exact) mass is 420 g/mol. The van der Waals surface area contributed by atoms with Gasteiger partial charge < -0.3 is 9.47 Å². The number of ether oxygens (including phenoxy) is 2. The molecule has 2 saturated carbocycles. The summed E-state index contributed by atoms with van der Waals surface area (Å²) in [6.45, 7) is 5.46. The zero-order chi connectivity index (χ0) is 21.1. The first-order valence-corrected chi connectivity index (χ1v) is 12.2. The molecule has 3 fully saturated rings. The van der Waals surface area contributed by atoms with Crippen molar-refractivity contribution in [2.24, 2.45) is 23.7 Å². The van der Waals surface area contributed by atoms with Crippen molar-refractivity contribution < 1.29 is 18.3 Å². The molecule has 1 heterocycles. The molecule has 4 heteroatoms. The summed E-state index contributed by atoms with van der Waals surface area (Å²) in [5.74, 6) is 2.04. The van der Waals surface area contributed by atoms with Gasteiger partial charge >= 0.3 is 0 Å². The van der Waals surface area contributed by atoms with Gasteiger partial charge in [0.15, 0.2) is 6.29 Å². The first kappa shape index (κ1) is 22.2. The molecule has 0 bridgehead atoms. The van der Waals surface area contributed by atoms with Crippen LogP contribution >= 0.6 is 0 Å². The minimum absolute atomic E-state index is 0.0925. The van der Waals surface area contributed by atoms with Gasteiger partial charge in [0.05, 0.1) is 13.2 Å². The molecule has 1 saturated heterocycles. The minimum atomic E-state index is -0.430. The Morgan fingerprint density at radius 2 is 1.37 bits per heavy atom. The summed E-state index contributed by atoms with van der Waals surface area (Å²) in [5, 5.41) is 0. The quantitative estimate of drug-likeness (QED) is 0.504. The van der Waals surface area contributed by atoms with Gasteiger partial charge in [0, 0.05) is 17.4 Å². The largest absolute Gasteiger partial charge is 0.352 e. The Morgan fingerprint density at radius 1 is 0.800 bits per heavy atom. The smallest absolute Gasteiger partial charge is 0.160 e. The Morgan fingerprint density at radius 3 is 1.93 bits per heavy atom. The summed E-state index contributed by atoms with van der Waals surface area (Å²) in [6, 6.07) is 3.05. The SMILES string of the molecule is CCCC1CCC(C2COC(C3CCC(c4cc(F)c(C)c(F)c4)CC3)OC2)CC1. The highest BCUT2D eigenvalue weighted by atomic mass is 19.1. The molecule has 0 aromatic heterocycles. The third kappa shape index (κ3) is 5.07. The van der Waals surface area contributed by atoms with Crippen LogP contribution in [0.25, 0.3) is 0 Å². The molecular weight excluding hydrogens is 382 g/mol. The molecule has 0 radical (unpaired) electrons. The Bertz CT molecular complexity index is 659. The fourth-order valence-corrected chi connectivity index (χ4v) is 6.06. The molecule has 0 amide bonds. The van der Waals surface area contributed by atoms with Crippen molar-refractivity contribution >= 4 is 0 Å². The second kappa shape index (κ2) is 10.1. The predicted octanol–water partition coefficient (Wildman–Crippen LogP) is 7.14. The topological polar surface area (TPSA) is 18.5 Å². The zero-order valence-corrected chi connectivity index (χ0v) is 18.7. The van der Waals surface area contributed by atoms with Crippen LogP contribution in [0, 0.1) is 42.2 Å². The molecule has 2 aliphatic carbocycles. The van der Waals surface area contributed by atoms with Gasteiger partial charge in [-0.2, -0.15) is 0 Å². The highest BCUT2D eigenvalue weighted by molar-refractivity contribution is 5.28. The third-order valence-electron chi connectivity index (χ3n) is 8.14. The Kier molecular flexibility index (Phi) is 7.46. The summed E-state index contributed by atoms with van der Waals surface area (Å²) in [4.78, 5) is 0. The molecule has 2 nitrogen and oxygen atoms in total. The van der Waals surface area contributed by atoms with E-state index in [1.54, 1.807) is 0 Å². The van der Waals surface area contributed by atoms with E-state index in [0.29, 0.717) is 11.8 Å². The van der Waals surface area contributed by atoms with Crippen molar-refractivity contribution in [1.82, 2.24) is 0 Å². The van der Waals surface area contributed by atoms with Gasteiger partial charge in [-0.25, -0.2) is 8.78 Å². The number of hydrogen-bond donors (Lipinski definition) is 0. The normalized spacial score (nSPS) is 35.3. The van der Waals surface area contributed by atoms with Gasteiger partial charge in [-0.3, -0.25) is 0 Å². The van der Waals surface area contributed by atoms with Crippen molar-refractivity contribution in [2.75, 3.05) is 13.2 Å². The number of hydrogen-bond acceptors (Lipinski definition) is 2. The van der Waals surface area contributed by atoms with Crippen LogP contribution in [0.5, 0.6) is 0 Å². The van der Waals surface area contributed by atoms with Gasteiger partial charge in [0.2, 0.25) is 0 Å². The van der Waals surface area contributed by atoms with Crippen molar-refractivity contribution in [3.8, 4) is 0 Å². The van der Waals surface area contributed by atoms with E-state index in [9.17, 15) is 8.78 Å². The van der Waals surface area contributed by atoms with E-state index in [0.717, 1.165) is 56.3 Å². The summed E-state index contributed by atoms with van der Waals surface area (Å²) in [7, 11) is 0. The zero-order valence-electron chi connectivity index (χ0n) is 18.7. The van der Waals surface area contributed by atoms with Crippen LogP contribution in [0.4, 0.5) is 8.78 Å². The molecule has 0 unspecified atom stereocenters. The summed E-state index contributed by atoms with van der Waals surface area (Å²) < 4.78 is 40.3. The average molecular weight is 421 g/mol. The maximum atomic E-state index is 13.9. The highest BCUT2D eigenvalue weighted by Crippen LogP contribution is 2.41. The van der Waals surface area contributed by atoms with Crippen molar-refractivity contribution in [3.05, 3.63) is 34.9 Å². The molecule has 168 valence electrons. The lowest BCUT2D eigenvalue weighted by Gasteiger charge is -2.41. The first-order chi connectivity index (χ1) is 14.5. The van der Waals surface area contributed by atoms with Crippen LogP contribution in [0.1, 0.15) is 88.2 Å². The van der Waals surface area contributed by atoms with E-state index in [1.807, 2.05) is 0 Å². The molecule has 0 N–H and O–H groups in total. The molecular formula is C26H38F2O2. The van der Waals surface area contributed by atoms with Crippen LogP contribution in [-0.2, 0) is 9.47 Å². The van der Waals surface area contributed by atoms with E-state index >= 15 is 0 Å². The fraction of sp³-hybridized carbons (Fsp3) is 0.769. The van der Waals surface area contributed by atoms with Crippen LogP contribution in [0.3, 0.4) is 0 Å². The van der Waals surface area contributed by atoms with E-state index in [4.69, 9.17) is 9.47 Å². The lowest BCUT2D eigenvalue weighted by Crippen LogP contribution is -2.41. The predicted molar refractivity (Wildman–Crippen MR) is 115 cm³/mol. The van der Waals surface area contributed by atoms with Gasteiger partial charge in [-0.05, 0) is 80.9 Å². The fourth-order valence-electron chi connectivity index (χ4n) is 6.06. The van der Waals surface area contributed by atoms with E-state index < -0.39 is 11.6 Å². The van der Waals surface area contributed by atoms with Gasteiger partial charge in [-0.1, -0.05) is 32.6 Å². The summed E-state index contributed by atoms with van der Waals surface area (Å²) in [6.07, 6.45) is 11.9. The Labute approximate surface area is 180 Å². The number of halogens is 2. The van der Waals surface area contributed by atoms with Crippen LogP contribution in [0.2, 0.25) is 0 Å². The second-order valence-corrected chi connectivity index (χ2v) is 10.1. The van der Waals surface area contributed by atoms with Crippen LogP contribution in [0.15, 0.2) is 12.1 Å². The van der Waals surface area contributed by atoms with Gasteiger partial charge in [0.1, 0.15) is 11.6 Å². The molecule has 0 atom stereocenters. The van der Waals surface area contributed by atoms with E-state index in [1.165, 1.54) is 57.6 Å². The average Bonchev–Trinajstić information content (AvgIpc) is 2.78. The summed E-state index contributed by atoms with van der Waals surface area (Å²) >= 11 is 0. The molecule has 1 aliphatic heterocycles. The first-order valence-electron chi connectivity index (χ1n) is 12.2. The molecule has 1 aromatic rings. The van der Waals surface area contributed by atoms with Crippen molar-refractivity contribution in [3.63, 3.8) is 0 Å². The molecule has 0 spiro atoms. The van der Waals surface area contributed by atoms with Crippen molar-refractivity contribution in [2.45, 2.75) is 90.3 Å². The highest BCUT2D eigenvalue weighted by Gasteiger charge is 2.36. The van der Waals surface area contributed by atoms with Crippen molar-refractivity contribution in [1.29, 1.82) is 0 Å². The van der Waals surface area contributed by atoms with E-state index in [2.05, 4.69) is 6.92 Å². The molecule has 3 aliphatic rings. The molecule has 30 heavy (non-hydrogen) atoms. The Balaban J connectivity index is 1.22. The maximum Gasteiger partial charge on any atom is 0.160 e. The number of benzene rings is 1. The molecule has 1 aromatic carbocycles. The lowest BCUT2D eigenvalue weighted by molar-refractivity contribution is -0.236. The maximum absolute atomic E-state index is 13.9.